The van der Waals surface area contributed by atoms with Gasteiger partial charge in [0.25, 0.3) is 0 Å². The van der Waals surface area contributed by atoms with Crippen molar-refractivity contribution in [3.8, 4) is 17.4 Å². The molecule has 33 heavy (non-hydrogen) atoms. The zero-order valence-corrected chi connectivity index (χ0v) is 18.9. The fraction of sp³-hybridized carbons (Fsp3) is 0.364. The van der Waals surface area contributed by atoms with Gasteiger partial charge in [0.1, 0.15) is 11.8 Å². The predicted octanol–water partition coefficient (Wildman–Crippen LogP) is 3.55. The second-order valence-corrected chi connectivity index (χ2v) is 8.40. The minimum Gasteiger partial charge on any atom is -0.494 e. The smallest absolute Gasteiger partial charge is 0.248 e. The lowest BCUT2D eigenvalue weighted by atomic mass is 10.0. The number of halogens is 2. The molecule has 3 rings (SSSR count). The second kappa shape index (κ2) is 10.7. The van der Waals surface area contributed by atoms with Gasteiger partial charge in [0.2, 0.25) is 5.91 Å². The lowest BCUT2D eigenvalue weighted by Gasteiger charge is -2.20. The van der Waals surface area contributed by atoms with Crippen molar-refractivity contribution in [2.45, 2.75) is 39.0 Å². The van der Waals surface area contributed by atoms with Crippen molar-refractivity contribution in [1.82, 2.24) is 14.3 Å². The third kappa shape index (κ3) is 6.25. The molecular formula is C22H26ClFN4O5. The third-order valence-corrected chi connectivity index (χ3v) is 5.07. The Kier molecular flexibility index (Phi) is 7.96. The molecule has 0 unspecified atom stereocenters. The van der Waals surface area contributed by atoms with Gasteiger partial charge < -0.3 is 29.9 Å². The summed E-state index contributed by atoms with van der Waals surface area (Å²) < 4.78 is 22.4. The number of aromatic nitrogens is 3. The van der Waals surface area contributed by atoms with Gasteiger partial charge in [-0.1, -0.05) is 31.5 Å². The van der Waals surface area contributed by atoms with E-state index < -0.39 is 30.5 Å². The Bertz CT molecular complexity index is 1100. The van der Waals surface area contributed by atoms with Crippen LogP contribution in [-0.4, -0.2) is 48.3 Å². The lowest BCUT2D eigenvalue weighted by molar-refractivity contribution is -0.119. The molecule has 0 aliphatic carbocycles. The number of aliphatic hydroxyl groups excluding tert-OH is 2. The van der Waals surface area contributed by atoms with E-state index in [1.807, 2.05) is 13.8 Å². The van der Waals surface area contributed by atoms with Crippen LogP contribution < -0.4 is 10.1 Å². The first-order valence-electron chi connectivity index (χ1n) is 10.3. The highest BCUT2D eigenvalue weighted by atomic mass is 35.5. The highest BCUT2D eigenvalue weighted by Gasteiger charge is 2.26. The number of rotatable bonds is 10. The van der Waals surface area contributed by atoms with Gasteiger partial charge >= 0.3 is 0 Å². The van der Waals surface area contributed by atoms with Gasteiger partial charge in [-0.05, 0) is 24.5 Å². The number of anilines is 1. The Labute approximate surface area is 195 Å². The molecule has 0 radical (unpaired) electrons. The fourth-order valence-corrected chi connectivity index (χ4v) is 3.41. The van der Waals surface area contributed by atoms with Gasteiger partial charge in [-0.25, -0.2) is 4.39 Å². The molecule has 0 aliphatic rings. The van der Waals surface area contributed by atoms with Crippen LogP contribution in [0.25, 0.3) is 0 Å². The third-order valence-electron chi connectivity index (χ3n) is 4.78. The number of aromatic hydroxyl groups is 1. The summed E-state index contributed by atoms with van der Waals surface area (Å²) in [7, 11) is 0. The molecular weight excluding hydrogens is 455 g/mol. The van der Waals surface area contributed by atoms with E-state index in [1.165, 1.54) is 39.7 Å². The number of amides is 1. The Morgan fingerprint density at radius 3 is 2.79 bits per heavy atom. The molecule has 4 N–H and O–H groups in total. The predicted molar refractivity (Wildman–Crippen MR) is 120 cm³/mol. The number of carbonyl (C=O) groups excluding carboxylic acids is 1. The summed E-state index contributed by atoms with van der Waals surface area (Å²) in [6, 6.07) is 6.36. The zero-order chi connectivity index (χ0) is 24.1. The Balaban J connectivity index is 1.79. The van der Waals surface area contributed by atoms with Crippen LogP contribution in [-0.2, 0) is 11.3 Å². The monoisotopic (exact) mass is 480 g/mol. The molecule has 0 fully saturated rings. The van der Waals surface area contributed by atoms with Gasteiger partial charge in [0.05, 0.1) is 30.5 Å². The first-order chi connectivity index (χ1) is 15.7. The highest BCUT2D eigenvalue weighted by Crippen LogP contribution is 2.34. The lowest BCUT2D eigenvalue weighted by Crippen LogP contribution is -2.27. The molecule has 0 bridgehead atoms. The van der Waals surface area contributed by atoms with E-state index in [4.69, 9.17) is 21.4 Å². The van der Waals surface area contributed by atoms with E-state index in [-0.39, 0.29) is 40.7 Å². The number of nitrogens with zero attached hydrogens (tertiary/aromatic N) is 3. The standard InChI is InChI=1S/C22H26ClFN4O5/c1-13(2)8-17(22(32)25-19-6-7-27(26-19)10-14(30)12-29)28-11-15(9-20(28)31)33-18-5-3-4-16(23)21(18)24/h3-7,9,11,13-14,17,29-31H,8,10,12H2,1-2H3,(H,25,26,32)/t14-,17+/m1/s1. The van der Waals surface area contributed by atoms with Gasteiger partial charge in [0, 0.05) is 18.3 Å². The summed E-state index contributed by atoms with van der Waals surface area (Å²) in [5, 5.41) is 35.7. The van der Waals surface area contributed by atoms with Gasteiger partial charge in [-0.15, -0.1) is 0 Å². The van der Waals surface area contributed by atoms with Crippen LogP contribution in [0.4, 0.5) is 10.2 Å². The van der Waals surface area contributed by atoms with E-state index in [2.05, 4.69) is 10.4 Å². The SMILES string of the molecule is CC(C)C[C@@H](C(=O)Nc1ccn(C[C@@H](O)CO)n1)n1cc(Oc2cccc(Cl)c2F)cc1O. The maximum atomic E-state index is 14.2. The van der Waals surface area contributed by atoms with E-state index in [1.54, 1.807) is 12.3 Å². The maximum absolute atomic E-state index is 14.2. The molecule has 11 heteroatoms. The minimum absolute atomic E-state index is 0.0704. The van der Waals surface area contributed by atoms with Crippen LogP contribution in [0.3, 0.4) is 0 Å². The molecule has 1 aromatic carbocycles. The average Bonchev–Trinajstić information content (AvgIpc) is 3.35. The van der Waals surface area contributed by atoms with E-state index in [0.29, 0.717) is 6.42 Å². The molecule has 0 saturated carbocycles. The number of aliphatic hydroxyl groups is 2. The van der Waals surface area contributed by atoms with Crippen molar-refractivity contribution < 1.29 is 29.2 Å². The number of hydrogen-bond acceptors (Lipinski definition) is 6. The summed E-state index contributed by atoms with van der Waals surface area (Å²) >= 11 is 5.78. The minimum atomic E-state index is -0.971. The van der Waals surface area contributed by atoms with Crippen molar-refractivity contribution in [3.05, 3.63) is 53.6 Å². The molecule has 2 aromatic heterocycles. The highest BCUT2D eigenvalue weighted by molar-refractivity contribution is 6.30. The number of ether oxygens (including phenoxy) is 1. The normalized spacial score (nSPS) is 13.2. The topological polar surface area (TPSA) is 122 Å². The summed E-state index contributed by atoms with van der Waals surface area (Å²) in [6.45, 7) is 3.53. The van der Waals surface area contributed by atoms with Crippen LogP contribution in [0, 0.1) is 11.7 Å². The Morgan fingerprint density at radius 2 is 2.09 bits per heavy atom. The largest absolute Gasteiger partial charge is 0.494 e. The van der Waals surface area contributed by atoms with Crippen LogP contribution in [0.15, 0.2) is 42.7 Å². The van der Waals surface area contributed by atoms with Crippen molar-refractivity contribution in [3.63, 3.8) is 0 Å². The summed E-state index contributed by atoms with van der Waals surface area (Å²) in [5.74, 6) is -1.01. The first kappa shape index (κ1) is 24.6. The molecule has 0 saturated heterocycles. The van der Waals surface area contributed by atoms with E-state index >= 15 is 0 Å². The quantitative estimate of drug-likeness (QED) is 0.352. The number of carbonyl (C=O) groups is 1. The number of nitrogens with one attached hydrogen (secondary N) is 1. The van der Waals surface area contributed by atoms with Crippen LogP contribution in [0.2, 0.25) is 5.02 Å². The summed E-state index contributed by atoms with van der Waals surface area (Å²) in [5.41, 5.74) is 0. The second-order valence-electron chi connectivity index (χ2n) is 7.99. The fourth-order valence-electron chi connectivity index (χ4n) is 3.24. The molecule has 2 heterocycles. The van der Waals surface area contributed by atoms with Crippen molar-refractivity contribution in [2.75, 3.05) is 11.9 Å². The molecule has 0 aliphatic heterocycles. The van der Waals surface area contributed by atoms with Crippen LogP contribution >= 0.6 is 11.6 Å². The molecule has 0 spiro atoms. The zero-order valence-electron chi connectivity index (χ0n) is 18.2. The average molecular weight is 481 g/mol. The molecule has 3 aromatic rings. The van der Waals surface area contributed by atoms with Crippen molar-refractivity contribution in [1.29, 1.82) is 0 Å². The molecule has 9 nitrogen and oxygen atoms in total. The molecule has 1 amide bonds. The molecule has 2 atom stereocenters. The number of benzene rings is 1. The first-order valence-corrected chi connectivity index (χ1v) is 10.7. The van der Waals surface area contributed by atoms with E-state index in [9.17, 15) is 19.4 Å². The molecule has 178 valence electrons. The number of hydrogen-bond donors (Lipinski definition) is 4. The van der Waals surface area contributed by atoms with Crippen LogP contribution in [0.5, 0.6) is 17.4 Å². The van der Waals surface area contributed by atoms with E-state index in [0.717, 1.165) is 0 Å². The Hall–Kier alpha value is -3.08. The summed E-state index contributed by atoms with van der Waals surface area (Å²) in [4.78, 5) is 13.1. The van der Waals surface area contributed by atoms with Crippen molar-refractivity contribution >= 4 is 23.3 Å². The maximum Gasteiger partial charge on any atom is 0.248 e. The van der Waals surface area contributed by atoms with Gasteiger partial charge in [-0.3, -0.25) is 9.48 Å². The van der Waals surface area contributed by atoms with Crippen LogP contribution in [0.1, 0.15) is 26.3 Å². The van der Waals surface area contributed by atoms with Gasteiger partial charge in [0.15, 0.2) is 23.3 Å². The Morgan fingerprint density at radius 1 is 1.33 bits per heavy atom. The van der Waals surface area contributed by atoms with Crippen molar-refractivity contribution in [2.24, 2.45) is 5.92 Å². The summed E-state index contributed by atoms with van der Waals surface area (Å²) in [6.07, 6.45) is 2.40. The van der Waals surface area contributed by atoms with Gasteiger partial charge in [-0.2, -0.15) is 5.10 Å².